The Labute approximate surface area is 253 Å². The molecule has 6 bridgehead atoms. The zero-order valence-corrected chi connectivity index (χ0v) is 24.8. The number of carbonyl (C=O) groups excluding carboxylic acids is 2. The maximum atomic E-state index is 13.1. The van der Waals surface area contributed by atoms with E-state index in [2.05, 4.69) is 57.6 Å². The monoisotopic (exact) mass is 578 g/mol. The van der Waals surface area contributed by atoms with Crippen LogP contribution < -0.4 is 15.4 Å². The molecule has 9 nitrogen and oxygen atoms in total. The maximum Gasteiger partial charge on any atom is 0.298 e. The normalized spacial score (nSPS) is 16.7. The quantitative estimate of drug-likeness (QED) is 0.324. The topological polar surface area (TPSA) is 99.7 Å². The number of amides is 2. The number of nitrogens with zero attached hydrogens (tertiary/aromatic N) is 4. The first-order chi connectivity index (χ1) is 20.9. The van der Waals surface area contributed by atoms with Crippen molar-refractivity contribution in [1.29, 1.82) is 0 Å². The Hall–Kier alpha value is -4.68. The maximum absolute atomic E-state index is 13.1. The summed E-state index contributed by atoms with van der Waals surface area (Å²) in [4.78, 5) is 38.4. The Balaban J connectivity index is 1.33. The molecule has 0 radical (unpaired) electrons. The minimum atomic E-state index is -0.136. The van der Waals surface area contributed by atoms with E-state index in [9.17, 15) is 9.59 Å². The smallest absolute Gasteiger partial charge is 0.298 e. The van der Waals surface area contributed by atoms with E-state index in [4.69, 9.17) is 9.72 Å². The summed E-state index contributed by atoms with van der Waals surface area (Å²) in [5.41, 5.74) is 4.28. The zero-order chi connectivity index (χ0) is 30.0. The molecule has 1 aromatic heterocycles. The molecule has 2 N–H and O–H groups in total. The summed E-state index contributed by atoms with van der Waals surface area (Å²) in [6.07, 6.45) is 8.83. The molecule has 2 amide bonds. The van der Waals surface area contributed by atoms with Gasteiger partial charge >= 0.3 is 0 Å². The van der Waals surface area contributed by atoms with E-state index in [1.54, 1.807) is 18.0 Å². The van der Waals surface area contributed by atoms with Crippen LogP contribution in [0.5, 0.6) is 5.75 Å². The Morgan fingerprint density at radius 1 is 1.12 bits per heavy atom. The van der Waals surface area contributed by atoms with E-state index in [1.165, 1.54) is 0 Å². The molecule has 0 saturated carbocycles. The molecule has 9 heteroatoms. The van der Waals surface area contributed by atoms with Crippen molar-refractivity contribution >= 4 is 29.1 Å². The first-order valence-corrected chi connectivity index (χ1v) is 14.8. The predicted molar refractivity (Wildman–Crippen MR) is 169 cm³/mol. The molecule has 0 atom stereocenters. The number of hydrogen-bond acceptors (Lipinski definition) is 7. The third kappa shape index (κ3) is 8.66. The summed E-state index contributed by atoms with van der Waals surface area (Å²) in [5, 5.41) is 6.46. The second-order valence-electron chi connectivity index (χ2n) is 11.0. The van der Waals surface area contributed by atoms with Gasteiger partial charge < -0.3 is 20.3 Å². The fourth-order valence-corrected chi connectivity index (χ4v) is 5.38. The number of carbonyl (C=O) groups is 2. The van der Waals surface area contributed by atoms with E-state index in [0.29, 0.717) is 38.6 Å². The molecule has 2 aromatic carbocycles. The van der Waals surface area contributed by atoms with Crippen LogP contribution in [0.4, 0.5) is 17.3 Å². The number of fused-ring (bicyclic) bond motifs is 7. The van der Waals surface area contributed by atoms with Gasteiger partial charge in [0.15, 0.2) is 0 Å². The van der Waals surface area contributed by atoms with Crippen molar-refractivity contribution in [3.63, 3.8) is 0 Å². The summed E-state index contributed by atoms with van der Waals surface area (Å²) in [7, 11) is 2.07. The van der Waals surface area contributed by atoms with Gasteiger partial charge in [0.1, 0.15) is 5.75 Å². The molecule has 3 aromatic rings. The number of likely N-dealkylation sites (tertiary alicyclic amines) is 1. The third-order valence-corrected chi connectivity index (χ3v) is 7.52. The van der Waals surface area contributed by atoms with Crippen LogP contribution in [0.15, 0.2) is 66.9 Å². The highest BCUT2D eigenvalue weighted by Gasteiger charge is 2.24. The van der Waals surface area contributed by atoms with E-state index >= 15 is 0 Å². The Morgan fingerprint density at radius 2 is 1.98 bits per heavy atom. The lowest BCUT2D eigenvalue weighted by Crippen LogP contribution is -2.38. The van der Waals surface area contributed by atoms with Crippen LogP contribution >= 0.6 is 0 Å². The summed E-state index contributed by atoms with van der Waals surface area (Å²) in [6.45, 7) is 5.00. The van der Waals surface area contributed by atoms with Gasteiger partial charge in [-0.1, -0.05) is 30.2 Å². The number of nitrogens with one attached hydrogen (secondary N) is 2. The first-order valence-electron chi connectivity index (χ1n) is 14.8. The summed E-state index contributed by atoms with van der Waals surface area (Å²) >= 11 is 0. The Bertz CT molecular complexity index is 1530. The minimum absolute atomic E-state index is 0.0349. The predicted octanol–water partition coefficient (Wildman–Crippen LogP) is 5.25. The van der Waals surface area contributed by atoms with E-state index in [0.717, 1.165) is 59.8 Å². The van der Waals surface area contributed by atoms with Crippen molar-refractivity contribution in [2.75, 3.05) is 43.9 Å². The highest BCUT2D eigenvalue weighted by Crippen LogP contribution is 2.27. The molecule has 0 aliphatic carbocycles. The Morgan fingerprint density at radius 3 is 2.81 bits per heavy atom. The van der Waals surface area contributed by atoms with Crippen LogP contribution in [0.3, 0.4) is 0 Å². The number of benzene rings is 2. The van der Waals surface area contributed by atoms with Crippen molar-refractivity contribution in [2.45, 2.75) is 39.2 Å². The minimum Gasteiger partial charge on any atom is -0.493 e. The zero-order valence-electron chi connectivity index (χ0n) is 24.8. The van der Waals surface area contributed by atoms with Gasteiger partial charge in [0, 0.05) is 55.7 Å². The van der Waals surface area contributed by atoms with Crippen LogP contribution in [0, 0.1) is 17.8 Å². The van der Waals surface area contributed by atoms with Crippen LogP contribution in [-0.2, 0) is 16.1 Å². The van der Waals surface area contributed by atoms with E-state index in [-0.39, 0.29) is 17.7 Å². The van der Waals surface area contributed by atoms with Gasteiger partial charge in [-0.25, -0.2) is 9.97 Å². The molecule has 3 heterocycles. The molecule has 1 fully saturated rings. The molecular formula is C34H38N6O3. The SMILES string of the molecule is CC#CC(=O)N1CCC(CC(=O)Nc2cc3cc(c2)Nc2nccc(n2)-c2cccc(c2)OCC/C=C/CN(C)C3)CC1. The second kappa shape index (κ2) is 14.5. The van der Waals surface area contributed by atoms with Crippen LogP contribution in [-0.4, -0.2) is 64.9 Å². The molecule has 0 unspecified atom stereocenters. The van der Waals surface area contributed by atoms with Crippen molar-refractivity contribution in [3.05, 3.63) is 72.4 Å². The largest absolute Gasteiger partial charge is 0.493 e. The molecule has 0 spiro atoms. The molecule has 2 aliphatic heterocycles. The van der Waals surface area contributed by atoms with Gasteiger partial charge in [-0.05, 0) is 87.0 Å². The fraction of sp³-hybridized carbons (Fsp3) is 0.353. The number of ether oxygens (including phenoxy) is 1. The second-order valence-corrected chi connectivity index (χ2v) is 11.0. The molecule has 5 rings (SSSR count). The van der Waals surface area contributed by atoms with Crippen molar-refractivity contribution in [1.82, 2.24) is 19.8 Å². The summed E-state index contributed by atoms with van der Waals surface area (Å²) < 4.78 is 5.96. The van der Waals surface area contributed by atoms with Crippen LogP contribution in [0.1, 0.15) is 38.2 Å². The lowest BCUT2D eigenvalue weighted by atomic mass is 9.93. The van der Waals surface area contributed by atoms with Crippen LogP contribution in [0.2, 0.25) is 0 Å². The average molecular weight is 579 g/mol. The number of piperidine rings is 1. The number of hydrogen-bond donors (Lipinski definition) is 2. The molecule has 222 valence electrons. The van der Waals surface area contributed by atoms with Crippen molar-refractivity contribution in [3.8, 4) is 28.8 Å². The van der Waals surface area contributed by atoms with E-state index < -0.39 is 0 Å². The molecular weight excluding hydrogens is 540 g/mol. The van der Waals surface area contributed by atoms with Crippen LogP contribution in [0.25, 0.3) is 11.3 Å². The molecule has 43 heavy (non-hydrogen) atoms. The third-order valence-electron chi connectivity index (χ3n) is 7.52. The van der Waals surface area contributed by atoms with Crippen molar-refractivity contribution in [2.24, 2.45) is 5.92 Å². The van der Waals surface area contributed by atoms with E-state index in [1.807, 2.05) is 42.5 Å². The Kier molecular flexibility index (Phi) is 10.0. The average Bonchev–Trinajstić information content (AvgIpc) is 2.99. The van der Waals surface area contributed by atoms with Gasteiger partial charge in [0.2, 0.25) is 11.9 Å². The number of aromatic nitrogens is 2. The lowest BCUT2D eigenvalue weighted by Gasteiger charge is -2.30. The number of anilines is 3. The summed E-state index contributed by atoms with van der Waals surface area (Å²) in [6, 6.07) is 15.8. The number of rotatable bonds is 3. The highest BCUT2D eigenvalue weighted by atomic mass is 16.5. The fourth-order valence-electron chi connectivity index (χ4n) is 5.38. The van der Waals surface area contributed by atoms with Crippen molar-refractivity contribution < 1.29 is 14.3 Å². The van der Waals surface area contributed by atoms with Gasteiger partial charge in [0.25, 0.3) is 5.91 Å². The summed E-state index contributed by atoms with van der Waals surface area (Å²) in [5.74, 6) is 6.59. The number of likely N-dealkylation sites (N-methyl/N-ethyl adjacent to an activating group) is 1. The van der Waals surface area contributed by atoms with Gasteiger partial charge in [-0.2, -0.15) is 0 Å². The lowest BCUT2D eigenvalue weighted by molar-refractivity contribution is -0.126. The standard InChI is InChI=1S/C34H38N6O3/c1-3-8-33(42)40-16-12-25(13-17-40)21-32(41)36-28-19-26-20-29(23-28)37-34-35-14-11-31(38-34)27-9-7-10-30(22-27)43-18-6-4-5-15-39(2)24-26/h4-5,7,9-11,14,19-20,22-23,25H,6,12-13,15-18,21,24H2,1-2H3,(H,36,41)(H,35,37,38)/b5-4+. The first kappa shape index (κ1) is 29.8. The molecule has 1 saturated heterocycles. The van der Waals surface area contributed by atoms with Gasteiger partial charge in [0.05, 0.1) is 12.3 Å². The highest BCUT2D eigenvalue weighted by molar-refractivity contribution is 5.93. The van der Waals surface area contributed by atoms with Gasteiger partial charge in [-0.3, -0.25) is 14.5 Å². The van der Waals surface area contributed by atoms with Gasteiger partial charge in [-0.15, -0.1) is 0 Å². The molecule has 2 aliphatic rings.